The molecular weight excluding hydrogens is 588 g/mol. The Morgan fingerprint density at radius 1 is 1.03 bits per heavy atom. The number of carbonyl (C=O) groups is 1. The Labute approximate surface area is 231 Å². The minimum Gasteiger partial charge on any atom is -0.450 e. The summed E-state index contributed by atoms with van der Waals surface area (Å²) in [6.07, 6.45) is 1.83. The molecule has 2 atom stereocenters. The molecule has 8 nitrogen and oxygen atoms in total. The number of nitrogens with zero attached hydrogens (tertiary/aromatic N) is 1. The lowest BCUT2D eigenvalue weighted by atomic mass is 9.86. The van der Waals surface area contributed by atoms with Crippen molar-refractivity contribution >= 4 is 50.9 Å². The molecule has 3 aromatic rings. The van der Waals surface area contributed by atoms with Gasteiger partial charge in [-0.25, -0.2) is 13.2 Å². The molecular formula is C27H27BrN2O6SSi. The first-order valence-corrected chi connectivity index (χ1v) is 17.2. The van der Waals surface area contributed by atoms with E-state index in [9.17, 15) is 23.3 Å². The van der Waals surface area contributed by atoms with Gasteiger partial charge in [-0.3, -0.25) is 10.1 Å². The van der Waals surface area contributed by atoms with Gasteiger partial charge in [0.15, 0.2) is 5.60 Å². The van der Waals surface area contributed by atoms with Crippen molar-refractivity contribution < 1.29 is 22.9 Å². The predicted molar refractivity (Wildman–Crippen MR) is 151 cm³/mol. The lowest BCUT2D eigenvalue weighted by Crippen LogP contribution is -2.56. The number of sulfonamides is 1. The smallest absolute Gasteiger partial charge is 0.331 e. The van der Waals surface area contributed by atoms with E-state index < -0.39 is 40.6 Å². The summed E-state index contributed by atoms with van der Waals surface area (Å²) < 4.78 is 36.9. The van der Waals surface area contributed by atoms with Crippen LogP contribution in [-0.4, -0.2) is 33.0 Å². The molecule has 198 valence electrons. The maximum Gasteiger partial charge on any atom is 0.331 e. The number of nitro benzene ring substituents is 1. The van der Waals surface area contributed by atoms with E-state index in [1.807, 2.05) is 43.3 Å². The molecule has 3 aromatic carbocycles. The van der Waals surface area contributed by atoms with Crippen LogP contribution in [0.2, 0.25) is 13.1 Å². The molecule has 0 spiro atoms. The summed E-state index contributed by atoms with van der Waals surface area (Å²) in [4.78, 5) is 23.3. The Hall–Kier alpha value is -3.12. The van der Waals surface area contributed by atoms with Crippen LogP contribution in [0.5, 0.6) is 0 Å². The molecule has 1 heterocycles. The zero-order valence-corrected chi connectivity index (χ0v) is 24.5. The number of esters is 1. The highest BCUT2D eigenvalue weighted by Gasteiger charge is 2.55. The fraction of sp³-hybridized carbons (Fsp3) is 0.222. The van der Waals surface area contributed by atoms with Crippen molar-refractivity contribution in [1.29, 1.82) is 0 Å². The van der Waals surface area contributed by atoms with Crippen LogP contribution in [0.4, 0.5) is 5.69 Å². The predicted octanol–water partition coefficient (Wildman–Crippen LogP) is 5.16. The third-order valence-corrected chi connectivity index (χ3v) is 12.9. The van der Waals surface area contributed by atoms with Gasteiger partial charge in [0.1, 0.15) is 8.07 Å². The first kappa shape index (κ1) is 27.9. The summed E-state index contributed by atoms with van der Waals surface area (Å²) in [5.41, 5.74) is -0.930. The number of non-ortho nitro benzene ring substituents is 1. The van der Waals surface area contributed by atoms with Crippen LogP contribution in [0.25, 0.3) is 0 Å². The minimum absolute atomic E-state index is 0.138. The Morgan fingerprint density at radius 3 is 2.21 bits per heavy atom. The number of halogens is 1. The van der Waals surface area contributed by atoms with Crippen molar-refractivity contribution in [2.45, 2.75) is 43.0 Å². The van der Waals surface area contributed by atoms with Crippen LogP contribution >= 0.6 is 15.9 Å². The van der Waals surface area contributed by atoms with Gasteiger partial charge in [-0.15, -0.1) is 0 Å². The number of nitrogens with one attached hydrogen (secondary N) is 1. The molecule has 0 saturated carbocycles. The van der Waals surface area contributed by atoms with Crippen LogP contribution in [0.15, 0.2) is 99.5 Å². The summed E-state index contributed by atoms with van der Waals surface area (Å²) in [5.74, 6) is -0.523. The summed E-state index contributed by atoms with van der Waals surface area (Å²) in [7, 11) is -6.74. The van der Waals surface area contributed by atoms with E-state index in [1.54, 1.807) is 18.2 Å². The number of hydrogen-bond acceptors (Lipinski definition) is 6. The number of carbonyl (C=O) groups excluding carboxylic acids is 1. The van der Waals surface area contributed by atoms with E-state index in [2.05, 4.69) is 33.7 Å². The average Bonchev–Trinajstić information content (AvgIpc) is 3.26. The molecule has 1 aliphatic rings. The van der Waals surface area contributed by atoms with Crippen molar-refractivity contribution in [3.63, 3.8) is 0 Å². The number of hydrogen-bond donors (Lipinski definition) is 1. The molecule has 0 bridgehead atoms. The van der Waals surface area contributed by atoms with Crippen molar-refractivity contribution in [3.05, 3.63) is 110 Å². The summed E-state index contributed by atoms with van der Waals surface area (Å²) in [6, 6.07) is 20.7. The fourth-order valence-corrected chi connectivity index (χ4v) is 10.0. The van der Waals surface area contributed by atoms with E-state index >= 15 is 0 Å². The van der Waals surface area contributed by atoms with Crippen molar-refractivity contribution in [2.75, 3.05) is 0 Å². The van der Waals surface area contributed by atoms with Gasteiger partial charge in [-0.05, 0) is 35.4 Å². The highest BCUT2D eigenvalue weighted by molar-refractivity contribution is 9.10. The summed E-state index contributed by atoms with van der Waals surface area (Å²) in [6.45, 7) is 6.09. The van der Waals surface area contributed by atoms with Gasteiger partial charge in [-0.1, -0.05) is 89.7 Å². The Kier molecular flexibility index (Phi) is 7.76. The molecule has 38 heavy (non-hydrogen) atoms. The molecule has 1 aliphatic heterocycles. The summed E-state index contributed by atoms with van der Waals surface area (Å²) >= 11 is 3.56. The molecule has 0 radical (unpaired) electrons. The molecule has 0 fully saturated rings. The third kappa shape index (κ3) is 5.11. The number of rotatable bonds is 9. The van der Waals surface area contributed by atoms with E-state index in [1.165, 1.54) is 18.2 Å². The second kappa shape index (κ2) is 10.6. The van der Waals surface area contributed by atoms with E-state index in [-0.39, 0.29) is 10.6 Å². The standard InChI is InChI=1S/C27H27BrN2O6SSi/c1-4-27(24(18-25(31)36-27)38(2,3)21-10-6-5-7-11-21)26(22-12-8-9-13-23(22)28)29-37(34,35)20-16-14-19(15-17-20)30(32)33/h5-18,26,29H,4H2,1-3H3/t26-,27-/m1/s1. The average molecular weight is 616 g/mol. The largest absolute Gasteiger partial charge is 0.450 e. The van der Waals surface area contributed by atoms with Gasteiger partial charge in [-0.2, -0.15) is 4.72 Å². The van der Waals surface area contributed by atoms with Gasteiger partial charge < -0.3 is 4.74 Å². The van der Waals surface area contributed by atoms with Crippen LogP contribution in [0, 0.1) is 10.1 Å². The Bertz CT molecular complexity index is 1510. The topological polar surface area (TPSA) is 116 Å². The zero-order chi connectivity index (χ0) is 27.7. The van der Waals surface area contributed by atoms with Gasteiger partial charge in [0, 0.05) is 22.7 Å². The quantitative estimate of drug-likeness (QED) is 0.154. The maximum absolute atomic E-state index is 13.7. The van der Waals surface area contributed by atoms with Gasteiger partial charge in [0.05, 0.1) is 15.9 Å². The molecule has 0 saturated heterocycles. The molecule has 0 aliphatic carbocycles. The lowest BCUT2D eigenvalue weighted by Gasteiger charge is -2.43. The molecule has 0 aromatic heterocycles. The number of nitro groups is 1. The Morgan fingerprint density at radius 2 is 1.63 bits per heavy atom. The lowest BCUT2D eigenvalue weighted by molar-refractivity contribution is -0.384. The summed E-state index contributed by atoms with van der Waals surface area (Å²) in [5, 5.41) is 12.9. The number of cyclic esters (lactones) is 1. The molecule has 0 unspecified atom stereocenters. The highest BCUT2D eigenvalue weighted by Crippen LogP contribution is 2.47. The minimum atomic E-state index is -4.20. The maximum atomic E-state index is 13.7. The second-order valence-electron chi connectivity index (χ2n) is 9.54. The third-order valence-electron chi connectivity index (χ3n) is 7.01. The van der Waals surface area contributed by atoms with E-state index in [4.69, 9.17) is 4.74 Å². The van der Waals surface area contributed by atoms with Crippen LogP contribution < -0.4 is 9.91 Å². The van der Waals surface area contributed by atoms with Gasteiger partial charge in [0.2, 0.25) is 10.0 Å². The fourth-order valence-electron chi connectivity index (χ4n) is 4.99. The normalized spacial score (nSPS) is 18.5. The van der Waals surface area contributed by atoms with Crippen LogP contribution in [-0.2, 0) is 19.6 Å². The number of benzene rings is 3. The van der Waals surface area contributed by atoms with Crippen LogP contribution in [0.3, 0.4) is 0 Å². The molecule has 0 amide bonds. The molecule has 1 N–H and O–H groups in total. The monoisotopic (exact) mass is 614 g/mol. The second-order valence-corrected chi connectivity index (χ2v) is 16.5. The van der Waals surface area contributed by atoms with Gasteiger partial charge >= 0.3 is 5.97 Å². The SMILES string of the molecule is CC[C@@]1([C@H](NS(=O)(=O)c2ccc([N+](=O)[O-])cc2)c2ccccc2Br)OC(=O)C=C1[Si](C)(C)c1ccccc1. The molecule has 4 rings (SSSR count). The highest BCUT2D eigenvalue weighted by atomic mass is 79.9. The Balaban J connectivity index is 1.89. The van der Waals surface area contributed by atoms with Crippen molar-refractivity contribution in [1.82, 2.24) is 4.72 Å². The zero-order valence-electron chi connectivity index (χ0n) is 21.1. The van der Waals surface area contributed by atoms with Crippen LogP contribution in [0.1, 0.15) is 24.9 Å². The number of ether oxygens (including phenoxy) is 1. The first-order valence-electron chi connectivity index (χ1n) is 11.9. The van der Waals surface area contributed by atoms with E-state index in [0.29, 0.717) is 16.5 Å². The van der Waals surface area contributed by atoms with Crippen molar-refractivity contribution in [2.24, 2.45) is 0 Å². The first-order chi connectivity index (χ1) is 17.9. The van der Waals surface area contributed by atoms with Crippen molar-refractivity contribution in [3.8, 4) is 0 Å². The molecule has 11 heteroatoms. The van der Waals surface area contributed by atoms with Gasteiger partial charge in [0.25, 0.3) is 5.69 Å². The van der Waals surface area contributed by atoms with E-state index in [0.717, 1.165) is 22.5 Å².